The van der Waals surface area contributed by atoms with Crippen molar-refractivity contribution >= 4 is 5.91 Å². The average Bonchev–Trinajstić information content (AvgIpc) is 2.42. The highest BCUT2D eigenvalue weighted by atomic mass is 19.1. The van der Waals surface area contributed by atoms with Crippen LogP contribution in [0.25, 0.3) is 0 Å². The minimum Gasteiger partial charge on any atom is -0.384 e. The Bertz CT molecular complexity index is 531. The first kappa shape index (κ1) is 13.6. The normalized spacial score (nSPS) is 15.1. The molecule has 0 bridgehead atoms. The third-order valence-electron chi connectivity index (χ3n) is 3.14. The molecule has 1 heterocycles. The number of piperidine rings is 1. The molecule has 1 amide bonds. The van der Waals surface area contributed by atoms with Gasteiger partial charge in [0.05, 0.1) is 0 Å². The lowest BCUT2D eigenvalue weighted by Crippen LogP contribution is -2.34. The van der Waals surface area contributed by atoms with Crippen LogP contribution < -0.4 is 0 Å². The van der Waals surface area contributed by atoms with Crippen LogP contribution in [0, 0.1) is 17.7 Å². The van der Waals surface area contributed by atoms with Crippen LogP contribution >= 0.6 is 0 Å². The summed E-state index contributed by atoms with van der Waals surface area (Å²) in [6.07, 6.45) is 2.43. The van der Waals surface area contributed by atoms with E-state index in [0.717, 1.165) is 12.8 Å². The van der Waals surface area contributed by atoms with E-state index in [4.69, 9.17) is 5.11 Å². The summed E-state index contributed by atoms with van der Waals surface area (Å²) in [4.78, 5) is 13.4. The van der Waals surface area contributed by atoms with Gasteiger partial charge in [-0.2, -0.15) is 0 Å². The van der Waals surface area contributed by atoms with Crippen molar-refractivity contribution in [2.24, 2.45) is 0 Å². The van der Waals surface area contributed by atoms with Crippen molar-refractivity contribution in [1.82, 2.24) is 4.90 Å². The number of halogens is 1. The quantitative estimate of drug-likeness (QED) is 0.823. The van der Waals surface area contributed by atoms with E-state index in [2.05, 4.69) is 11.8 Å². The van der Waals surface area contributed by atoms with E-state index >= 15 is 0 Å². The maximum Gasteiger partial charge on any atom is 0.222 e. The second kappa shape index (κ2) is 6.35. The van der Waals surface area contributed by atoms with Gasteiger partial charge in [-0.15, -0.1) is 0 Å². The number of rotatable bonds is 2. The molecule has 4 heteroatoms. The zero-order valence-corrected chi connectivity index (χ0v) is 10.7. The summed E-state index contributed by atoms with van der Waals surface area (Å²) in [7, 11) is 0. The van der Waals surface area contributed by atoms with Gasteiger partial charge >= 0.3 is 0 Å². The van der Waals surface area contributed by atoms with E-state index in [1.54, 1.807) is 17.0 Å². The van der Waals surface area contributed by atoms with Crippen molar-refractivity contribution in [1.29, 1.82) is 0 Å². The highest BCUT2D eigenvalue weighted by molar-refractivity contribution is 5.76. The van der Waals surface area contributed by atoms with Gasteiger partial charge in [0.2, 0.25) is 5.91 Å². The van der Waals surface area contributed by atoms with Gasteiger partial charge < -0.3 is 10.0 Å². The first-order valence-electron chi connectivity index (χ1n) is 6.36. The van der Waals surface area contributed by atoms with Gasteiger partial charge in [-0.3, -0.25) is 4.79 Å². The predicted octanol–water partition coefficient (Wildman–Crippen LogP) is 1.68. The molecule has 19 heavy (non-hydrogen) atoms. The Kier molecular flexibility index (Phi) is 4.53. The third kappa shape index (κ3) is 3.55. The summed E-state index contributed by atoms with van der Waals surface area (Å²) >= 11 is 0. The van der Waals surface area contributed by atoms with Gasteiger partial charge in [-0.1, -0.05) is 11.8 Å². The van der Waals surface area contributed by atoms with Gasteiger partial charge in [0.1, 0.15) is 12.4 Å². The topological polar surface area (TPSA) is 40.5 Å². The van der Waals surface area contributed by atoms with E-state index in [0.29, 0.717) is 30.6 Å². The van der Waals surface area contributed by atoms with Crippen LogP contribution in [0.3, 0.4) is 0 Å². The van der Waals surface area contributed by atoms with E-state index < -0.39 is 0 Å². The van der Waals surface area contributed by atoms with E-state index in [9.17, 15) is 9.18 Å². The summed E-state index contributed by atoms with van der Waals surface area (Å²) in [5.74, 6) is 5.02. The van der Waals surface area contributed by atoms with Gasteiger partial charge in [-0.25, -0.2) is 4.39 Å². The maximum atomic E-state index is 13.7. The van der Waals surface area contributed by atoms with E-state index in [-0.39, 0.29) is 18.3 Å². The maximum absolute atomic E-state index is 13.7. The number of carbonyl (C=O) groups is 1. The second-order valence-corrected chi connectivity index (χ2v) is 4.54. The number of nitrogens with zero attached hydrogens (tertiary/aromatic N) is 1. The lowest BCUT2D eigenvalue weighted by Gasteiger charge is -2.26. The Morgan fingerprint density at radius 2 is 2.21 bits per heavy atom. The molecule has 1 aliphatic rings. The van der Waals surface area contributed by atoms with Gasteiger partial charge in [0, 0.05) is 30.6 Å². The molecule has 1 N–H and O–H groups in total. The molecule has 0 aliphatic carbocycles. The molecular weight excluding hydrogens is 245 g/mol. The smallest absolute Gasteiger partial charge is 0.222 e. The first-order valence-corrected chi connectivity index (χ1v) is 6.36. The Morgan fingerprint density at radius 1 is 1.37 bits per heavy atom. The molecule has 1 fully saturated rings. The Morgan fingerprint density at radius 3 is 2.95 bits per heavy atom. The summed E-state index contributed by atoms with van der Waals surface area (Å²) in [6.45, 7) is 0.751. The van der Waals surface area contributed by atoms with Crippen LogP contribution in [0.15, 0.2) is 18.2 Å². The molecule has 0 radical (unpaired) electrons. The number of aliphatic hydroxyl groups is 1. The fourth-order valence-electron chi connectivity index (χ4n) is 2.15. The summed E-state index contributed by atoms with van der Waals surface area (Å²) in [5, 5.41) is 8.65. The molecule has 2 rings (SSSR count). The van der Waals surface area contributed by atoms with Crippen molar-refractivity contribution < 1.29 is 14.3 Å². The van der Waals surface area contributed by atoms with Gasteiger partial charge in [0.15, 0.2) is 0 Å². The lowest BCUT2D eigenvalue weighted by molar-refractivity contribution is -0.133. The zero-order chi connectivity index (χ0) is 13.7. The highest BCUT2D eigenvalue weighted by Gasteiger charge is 2.19. The van der Waals surface area contributed by atoms with Gasteiger partial charge in [-0.05, 0) is 31.0 Å². The van der Waals surface area contributed by atoms with Crippen LogP contribution in [-0.2, 0) is 11.3 Å². The number of carbonyl (C=O) groups excluding carboxylic acids is 1. The number of hydrogen-bond donors (Lipinski definition) is 1. The Balaban J connectivity index is 2.16. The molecule has 1 aliphatic heterocycles. The zero-order valence-electron chi connectivity index (χ0n) is 10.7. The van der Waals surface area contributed by atoms with E-state index in [1.165, 1.54) is 6.07 Å². The fraction of sp³-hybridized carbons (Fsp3) is 0.400. The predicted molar refractivity (Wildman–Crippen MR) is 69.6 cm³/mol. The molecule has 1 saturated heterocycles. The number of hydrogen-bond acceptors (Lipinski definition) is 2. The van der Waals surface area contributed by atoms with Crippen molar-refractivity contribution in [3.05, 3.63) is 35.1 Å². The number of benzene rings is 1. The molecule has 100 valence electrons. The van der Waals surface area contributed by atoms with Crippen LogP contribution in [0.5, 0.6) is 0 Å². The monoisotopic (exact) mass is 261 g/mol. The Hall–Kier alpha value is -1.86. The average molecular weight is 261 g/mol. The molecule has 0 spiro atoms. The van der Waals surface area contributed by atoms with Crippen molar-refractivity contribution in [3.8, 4) is 11.8 Å². The number of likely N-dealkylation sites (tertiary alicyclic amines) is 1. The Labute approximate surface area is 112 Å². The van der Waals surface area contributed by atoms with Gasteiger partial charge in [0.25, 0.3) is 0 Å². The number of amides is 1. The molecule has 0 aromatic heterocycles. The van der Waals surface area contributed by atoms with Crippen LogP contribution in [0.4, 0.5) is 4.39 Å². The van der Waals surface area contributed by atoms with Crippen LogP contribution in [0.1, 0.15) is 30.4 Å². The molecule has 0 saturated carbocycles. The first-order chi connectivity index (χ1) is 9.20. The molecule has 1 aromatic carbocycles. The SMILES string of the molecule is O=C1CCCCN1Cc1cc(C#CCO)ccc1F. The third-order valence-corrected chi connectivity index (χ3v) is 3.14. The minimum atomic E-state index is -0.326. The highest BCUT2D eigenvalue weighted by Crippen LogP contribution is 2.17. The van der Waals surface area contributed by atoms with Crippen molar-refractivity contribution in [2.45, 2.75) is 25.8 Å². The van der Waals surface area contributed by atoms with E-state index in [1.807, 2.05) is 0 Å². The molecule has 0 unspecified atom stereocenters. The largest absolute Gasteiger partial charge is 0.384 e. The van der Waals surface area contributed by atoms with Crippen molar-refractivity contribution in [3.63, 3.8) is 0 Å². The molecular formula is C15H16FNO2. The summed E-state index contributed by atoms with van der Waals surface area (Å²) in [5.41, 5.74) is 1.12. The molecule has 3 nitrogen and oxygen atoms in total. The number of aliphatic hydroxyl groups excluding tert-OH is 1. The lowest BCUT2D eigenvalue weighted by atomic mass is 10.1. The molecule has 0 atom stereocenters. The standard InChI is InChI=1S/C15H16FNO2/c16-14-7-6-12(4-3-9-18)10-13(14)11-17-8-2-1-5-15(17)19/h6-7,10,18H,1-2,5,8-9,11H2. The summed E-state index contributed by atoms with van der Waals surface area (Å²) in [6, 6.07) is 4.56. The minimum absolute atomic E-state index is 0.0810. The van der Waals surface area contributed by atoms with Crippen molar-refractivity contribution in [2.75, 3.05) is 13.2 Å². The second-order valence-electron chi connectivity index (χ2n) is 4.54. The fourth-order valence-corrected chi connectivity index (χ4v) is 2.15. The molecule has 1 aromatic rings. The summed E-state index contributed by atoms with van der Waals surface area (Å²) < 4.78 is 13.7. The van der Waals surface area contributed by atoms with Crippen LogP contribution in [0.2, 0.25) is 0 Å². The van der Waals surface area contributed by atoms with Crippen LogP contribution in [-0.4, -0.2) is 29.1 Å².